The first kappa shape index (κ1) is 11.7. The molecule has 92 valence electrons. The average molecular weight is 238 g/mol. The van der Waals surface area contributed by atoms with Crippen LogP contribution in [0.1, 0.15) is 10.6 Å². The number of carboxylic acids is 1. The Morgan fingerprint density at radius 1 is 1.41 bits per heavy atom. The van der Waals surface area contributed by atoms with Crippen LogP contribution in [0.5, 0.6) is 0 Å². The predicted octanol–water partition coefficient (Wildman–Crippen LogP) is -2.63. The summed E-state index contributed by atoms with van der Waals surface area (Å²) in [7, 11) is 0. The molecule has 6 heteroatoms. The summed E-state index contributed by atoms with van der Waals surface area (Å²) in [6, 6.07) is 3.30. The Kier molecular flexibility index (Phi) is 3.43. The highest BCUT2D eigenvalue weighted by Crippen LogP contribution is 2.05. The zero-order chi connectivity index (χ0) is 12.3. The lowest BCUT2D eigenvalue weighted by atomic mass is 10.3. The van der Waals surface area contributed by atoms with Gasteiger partial charge in [-0.3, -0.25) is 4.79 Å². The van der Waals surface area contributed by atoms with Gasteiger partial charge in [-0.25, -0.2) is 0 Å². The quantitative estimate of drug-likeness (QED) is 0.625. The smallest absolute Gasteiger partial charge is 0.289 e. The fraction of sp³-hybridized carbons (Fsp3) is 0.455. The zero-order valence-corrected chi connectivity index (χ0v) is 9.35. The van der Waals surface area contributed by atoms with Crippen molar-refractivity contribution in [1.82, 2.24) is 4.90 Å². The van der Waals surface area contributed by atoms with Crippen LogP contribution in [0.25, 0.3) is 0 Å². The molecule has 1 fully saturated rings. The first-order valence-corrected chi connectivity index (χ1v) is 5.53. The van der Waals surface area contributed by atoms with Crippen LogP contribution in [0.15, 0.2) is 22.8 Å². The molecule has 1 aliphatic heterocycles. The maximum atomic E-state index is 11.9. The Morgan fingerprint density at radius 2 is 2.12 bits per heavy atom. The second kappa shape index (κ2) is 5.01. The summed E-state index contributed by atoms with van der Waals surface area (Å²) in [6.07, 6.45) is 1.46. The lowest BCUT2D eigenvalue weighted by Crippen LogP contribution is -3.16. The number of carbonyl (C=O) groups excluding carboxylic acids is 2. The molecule has 0 radical (unpaired) electrons. The predicted molar refractivity (Wildman–Crippen MR) is 55.2 cm³/mol. The molecule has 1 aliphatic rings. The molecule has 0 aromatic carbocycles. The Labute approximate surface area is 98.4 Å². The van der Waals surface area contributed by atoms with Gasteiger partial charge in [0.2, 0.25) is 0 Å². The van der Waals surface area contributed by atoms with E-state index in [1.165, 1.54) is 6.26 Å². The normalized spacial score (nSPS) is 17.1. The second-order valence-electron chi connectivity index (χ2n) is 4.07. The van der Waals surface area contributed by atoms with E-state index in [2.05, 4.69) is 0 Å². The average Bonchev–Trinajstić information content (AvgIpc) is 2.82. The number of nitrogens with zero attached hydrogens (tertiary/aromatic N) is 1. The van der Waals surface area contributed by atoms with Gasteiger partial charge in [0.05, 0.1) is 38.4 Å². The molecule has 0 atom stereocenters. The van der Waals surface area contributed by atoms with Crippen molar-refractivity contribution in [3.8, 4) is 0 Å². The molecule has 0 spiro atoms. The summed E-state index contributed by atoms with van der Waals surface area (Å²) >= 11 is 0. The van der Waals surface area contributed by atoms with Crippen molar-refractivity contribution in [3.63, 3.8) is 0 Å². The maximum absolute atomic E-state index is 11.9. The maximum Gasteiger partial charge on any atom is 0.289 e. The van der Waals surface area contributed by atoms with Crippen LogP contribution in [0.3, 0.4) is 0 Å². The third kappa shape index (κ3) is 2.85. The number of hydrogen-bond donors (Lipinski definition) is 1. The largest absolute Gasteiger partial charge is 0.544 e. The summed E-state index contributed by atoms with van der Waals surface area (Å²) in [5.74, 6) is -0.860. The number of nitrogens with one attached hydrogen (secondary N) is 1. The molecule has 2 heterocycles. The topological polar surface area (TPSA) is 78.0 Å². The molecule has 6 nitrogen and oxygen atoms in total. The standard InChI is InChI=1S/C11H14N2O4/c14-10(15)8-12-3-5-13(6-4-12)11(16)9-2-1-7-17-9/h1-2,7H,3-6,8H2,(H,14,15). The third-order valence-electron chi connectivity index (χ3n) is 2.88. The van der Waals surface area contributed by atoms with Crippen molar-refractivity contribution in [1.29, 1.82) is 0 Å². The van der Waals surface area contributed by atoms with E-state index in [0.717, 1.165) is 4.90 Å². The van der Waals surface area contributed by atoms with Gasteiger partial charge in [-0.15, -0.1) is 0 Å². The van der Waals surface area contributed by atoms with Crippen LogP contribution >= 0.6 is 0 Å². The number of furan rings is 1. The van der Waals surface area contributed by atoms with Gasteiger partial charge in [0, 0.05) is 0 Å². The van der Waals surface area contributed by atoms with Gasteiger partial charge in [-0.05, 0) is 12.1 Å². The van der Waals surface area contributed by atoms with E-state index in [9.17, 15) is 14.7 Å². The molecule has 2 rings (SSSR count). The molecule has 0 aliphatic carbocycles. The molecule has 0 saturated carbocycles. The van der Waals surface area contributed by atoms with Crippen molar-refractivity contribution in [2.45, 2.75) is 0 Å². The fourth-order valence-corrected chi connectivity index (χ4v) is 1.96. The first-order valence-electron chi connectivity index (χ1n) is 5.53. The molecule has 1 saturated heterocycles. The van der Waals surface area contributed by atoms with E-state index in [-0.39, 0.29) is 12.5 Å². The van der Waals surface area contributed by atoms with E-state index in [1.807, 2.05) is 0 Å². The van der Waals surface area contributed by atoms with Gasteiger partial charge in [-0.2, -0.15) is 0 Å². The Hall–Kier alpha value is -1.82. The summed E-state index contributed by atoms with van der Waals surface area (Å²) in [5.41, 5.74) is 0. The number of quaternary nitrogens is 1. The minimum absolute atomic E-state index is 0.00276. The van der Waals surface area contributed by atoms with Crippen LogP contribution in [0.2, 0.25) is 0 Å². The van der Waals surface area contributed by atoms with Gasteiger partial charge in [0.25, 0.3) is 5.91 Å². The first-order chi connectivity index (χ1) is 8.16. The second-order valence-corrected chi connectivity index (χ2v) is 4.07. The zero-order valence-electron chi connectivity index (χ0n) is 9.35. The van der Waals surface area contributed by atoms with Crippen LogP contribution in [-0.2, 0) is 4.79 Å². The Bertz CT molecular complexity index is 394. The van der Waals surface area contributed by atoms with E-state index < -0.39 is 5.97 Å². The highest BCUT2D eigenvalue weighted by atomic mass is 16.4. The molecular formula is C11H14N2O4. The van der Waals surface area contributed by atoms with Crippen molar-refractivity contribution < 1.29 is 24.0 Å². The van der Waals surface area contributed by atoms with Crippen molar-refractivity contribution >= 4 is 11.9 Å². The number of piperazine rings is 1. The number of rotatable bonds is 3. The van der Waals surface area contributed by atoms with Crippen LogP contribution < -0.4 is 10.0 Å². The Morgan fingerprint density at radius 3 is 2.65 bits per heavy atom. The third-order valence-corrected chi connectivity index (χ3v) is 2.88. The van der Waals surface area contributed by atoms with Gasteiger partial charge in [-0.1, -0.05) is 0 Å². The van der Waals surface area contributed by atoms with Crippen molar-refractivity contribution in [3.05, 3.63) is 24.2 Å². The summed E-state index contributed by atoms with van der Waals surface area (Å²) < 4.78 is 5.04. The van der Waals surface area contributed by atoms with Gasteiger partial charge >= 0.3 is 0 Å². The van der Waals surface area contributed by atoms with E-state index >= 15 is 0 Å². The number of hydrogen-bond acceptors (Lipinski definition) is 4. The molecule has 0 bridgehead atoms. The highest BCUT2D eigenvalue weighted by Gasteiger charge is 2.25. The lowest BCUT2D eigenvalue weighted by Gasteiger charge is -2.31. The molecule has 1 aromatic rings. The lowest BCUT2D eigenvalue weighted by molar-refractivity contribution is -0.898. The van der Waals surface area contributed by atoms with Gasteiger partial charge < -0.3 is 24.1 Å². The summed E-state index contributed by atoms with van der Waals surface area (Å²) in [4.78, 5) is 24.9. The number of carbonyl (C=O) groups is 2. The van der Waals surface area contributed by atoms with Gasteiger partial charge in [0.15, 0.2) is 5.76 Å². The molecule has 1 amide bonds. The summed E-state index contributed by atoms with van der Waals surface area (Å²) in [6.45, 7) is 2.34. The number of aliphatic carboxylic acids is 1. The van der Waals surface area contributed by atoms with Crippen LogP contribution in [0.4, 0.5) is 0 Å². The summed E-state index contributed by atoms with van der Waals surface area (Å²) in [5, 5.41) is 10.4. The number of amides is 1. The van der Waals surface area contributed by atoms with Crippen molar-refractivity contribution in [2.75, 3.05) is 32.7 Å². The molecule has 1 aromatic heterocycles. The monoisotopic (exact) mass is 238 g/mol. The Balaban J connectivity index is 1.87. The number of carboxylic acid groups (broad SMARTS) is 1. The van der Waals surface area contributed by atoms with Crippen molar-refractivity contribution in [2.24, 2.45) is 0 Å². The molecule has 17 heavy (non-hydrogen) atoms. The van der Waals surface area contributed by atoms with E-state index in [0.29, 0.717) is 31.9 Å². The van der Waals surface area contributed by atoms with Crippen LogP contribution in [-0.4, -0.2) is 49.5 Å². The van der Waals surface area contributed by atoms with E-state index in [4.69, 9.17) is 4.42 Å². The van der Waals surface area contributed by atoms with Crippen LogP contribution in [0, 0.1) is 0 Å². The molecule has 0 unspecified atom stereocenters. The van der Waals surface area contributed by atoms with E-state index in [1.54, 1.807) is 17.0 Å². The highest BCUT2D eigenvalue weighted by molar-refractivity contribution is 5.91. The van der Waals surface area contributed by atoms with Gasteiger partial charge in [0.1, 0.15) is 6.54 Å². The minimum Gasteiger partial charge on any atom is -0.544 e. The fourth-order valence-electron chi connectivity index (χ4n) is 1.96. The molecule has 1 N–H and O–H groups in total. The molecular weight excluding hydrogens is 224 g/mol. The SMILES string of the molecule is O=C([O-])C[NH+]1CCN(C(=O)c2ccco2)CC1. The minimum atomic E-state index is -1.05.